The van der Waals surface area contributed by atoms with Gasteiger partial charge < -0.3 is 10.6 Å². The molecule has 0 saturated carbocycles. The smallest absolute Gasteiger partial charge is 0.221 e. The summed E-state index contributed by atoms with van der Waals surface area (Å²) in [6.45, 7) is 9.72. The summed E-state index contributed by atoms with van der Waals surface area (Å²) in [7, 11) is -2.96. The first-order valence-electron chi connectivity index (χ1n) is 6.30. The molecule has 18 heavy (non-hydrogen) atoms. The summed E-state index contributed by atoms with van der Waals surface area (Å²) in [4.78, 5) is 11.5. The minimum atomic E-state index is -2.96. The van der Waals surface area contributed by atoms with Crippen LogP contribution in [0, 0.1) is 0 Å². The molecule has 0 spiro atoms. The van der Waals surface area contributed by atoms with Gasteiger partial charge in [-0.1, -0.05) is 6.92 Å². The number of nitrogens with one attached hydrogen (secondary N) is 2. The van der Waals surface area contributed by atoms with Crippen LogP contribution in [0.15, 0.2) is 0 Å². The summed E-state index contributed by atoms with van der Waals surface area (Å²) >= 11 is 0. The number of carbonyl (C=O) groups excluding carboxylic acids is 1. The van der Waals surface area contributed by atoms with Gasteiger partial charge >= 0.3 is 0 Å². The molecule has 0 heterocycles. The van der Waals surface area contributed by atoms with Gasteiger partial charge in [-0.3, -0.25) is 4.79 Å². The van der Waals surface area contributed by atoms with Crippen molar-refractivity contribution in [3.63, 3.8) is 0 Å². The van der Waals surface area contributed by atoms with Crippen molar-refractivity contribution in [1.82, 2.24) is 10.6 Å². The van der Waals surface area contributed by atoms with Crippen molar-refractivity contribution in [3.05, 3.63) is 0 Å². The fraction of sp³-hybridized carbons (Fsp3) is 0.917. The first-order valence-corrected chi connectivity index (χ1v) is 8.12. The fourth-order valence-corrected chi connectivity index (χ4v) is 2.59. The third kappa shape index (κ3) is 9.41. The highest BCUT2D eigenvalue weighted by molar-refractivity contribution is 7.91. The van der Waals surface area contributed by atoms with Crippen LogP contribution >= 0.6 is 0 Å². The van der Waals surface area contributed by atoms with Gasteiger partial charge in [-0.25, -0.2) is 8.42 Å². The molecule has 1 atom stereocenters. The predicted molar refractivity (Wildman–Crippen MR) is 74.3 cm³/mol. The fourth-order valence-electron chi connectivity index (χ4n) is 1.47. The quantitative estimate of drug-likeness (QED) is 0.719. The third-order valence-corrected chi connectivity index (χ3v) is 4.19. The van der Waals surface area contributed by atoms with E-state index in [4.69, 9.17) is 0 Å². The van der Waals surface area contributed by atoms with Crippen LogP contribution in [0.25, 0.3) is 0 Å². The highest BCUT2D eigenvalue weighted by atomic mass is 32.2. The number of carbonyl (C=O) groups is 1. The van der Waals surface area contributed by atoms with Crippen LogP contribution in [-0.2, 0) is 14.6 Å². The number of amides is 1. The Balaban J connectivity index is 3.89. The van der Waals surface area contributed by atoms with E-state index in [2.05, 4.69) is 10.6 Å². The van der Waals surface area contributed by atoms with Gasteiger partial charge in [0.05, 0.1) is 5.75 Å². The normalized spacial score (nSPS) is 14.3. The monoisotopic (exact) mass is 278 g/mol. The van der Waals surface area contributed by atoms with Gasteiger partial charge in [-0.2, -0.15) is 0 Å². The van der Waals surface area contributed by atoms with E-state index in [1.165, 1.54) is 0 Å². The molecule has 0 rings (SSSR count). The van der Waals surface area contributed by atoms with E-state index < -0.39 is 9.84 Å². The maximum Gasteiger partial charge on any atom is 0.221 e. The lowest BCUT2D eigenvalue weighted by Gasteiger charge is -2.21. The molecule has 2 N–H and O–H groups in total. The Kier molecular flexibility index (Phi) is 6.84. The van der Waals surface area contributed by atoms with Crippen molar-refractivity contribution in [1.29, 1.82) is 0 Å². The second-order valence-corrected chi connectivity index (χ2v) is 8.00. The molecule has 0 aliphatic carbocycles. The Morgan fingerprint density at radius 2 is 1.83 bits per heavy atom. The first kappa shape index (κ1) is 17.4. The standard InChI is InChI=1S/C12H26N2O3S/c1-6-18(16,17)9-10(2)13-8-7-11(15)14-12(3,4)5/h10,13H,6-9H2,1-5H3,(H,14,15). The molecule has 0 aliphatic heterocycles. The lowest BCUT2D eigenvalue weighted by molar-refractivity contribution is -0.122. The van der Waals surface area contributed by atoms with E-state index in [1.807, 2.05) is 27.7 Å². The maximum absolute atomic E-state index is 11.5. The van der Waals surface area contributed by atoms with E-state index in [-0.39, 0.29) is 29.0 Å². The zero-order valence-electron chi connectivity index (χ0n) is 12.0. The van der Waals surface area contributed by atoms with Gasteiger partial charge in [-0.05, 0) is 27.7 Å². The van der Waals surface area contributed by atoms with E-state index in [9.17, 15) is 13.2 Å². The van der Waals surface area contributed by atoms with Crippen LogP contribution in [0.3, 0.4) is 0 Å². The Bertz CT molecular complexity index is 358. The molecule has 1 unspecified atom stereocenters. The number of sulfone groups is 1. The molecule has 0 fully saturated rings. The Labute approximate surface area is 111 Å². The highest BCUT2D eigenvalue weighted by Gasteiger charge is 2.15. The summed E-state index contributed by atoms with van der Waals surface area (Å²) in [5.41, 5.74) is -0.228. The topological polar surface area (TPSA) is 75.3 Å². The van der Waals surface area contributed by atoms with Crippen LogP contribution < -0.4 is 10.6 Å². The lowest BCUT2D eigenvalue weighted by atomic mass is 10.1. The summed E-state index contributed by atoms with van der Waals surface area (Å²) in [6.07, 6.45) is 0.355. The molecule has 1 amide bonds. The van der Waals surface area contributed by atoms with E-state index in [0.29, 0.717) is 13.0 Å². The van der Waals surface area contributed by atoms with Gasteiger partial charge in [0.1, 0.15) is 0 Å². The van der Waals surface area contributed by atoms with Crippen molar-refractivity contribution >= 4 is 15.7 Å². The van der Waals surface area contributed by atoms with Crippen LogP contribution in [0.4, 0.5) is 0 Å². The molecular formula is C12H26N2O3S. The second-order valence-electron chi connectivity index (χ2n) is 5.60. The predicted octanol–water partition coefficient (Wildman–Crippen LogP) is 0.704. The summed E-state index contributed by atoms with van der Waals surface area (Å²) in [5, 5.41) is 5.90. The minimum Gasteiger partial charge on any atom is -0.351 e. The van der Waals surface area contributed by atoms with E-state index >= 15 is 0 Å². The molecule has 0 aromatic carbocycles. The minimum absolute atomic E-state index is 0.0273. The number of hydrogen-bond acceptors (Lipinski definition) is 4. The van der Waals surface area contributed by atoms with Crippen LogP contribution in [0.2, 0.25) is 0 Å². The van der Waals surface area contributed by atoms with Gasteiger partial charge in [-0.15, -0.1) is 0 Å². The molecule has 0 aromatic rings. The van der Waals surface area contributed by atoms with Gasteiger partial charge in [0.2, 0.25) is 5.91 Å². The number of hydrogen-bond donors (Lipinski definition) is 2. The summed E-state index contributed by atoms with van der Waals surface area (Å²) in [6, 6.07) is -0.127. The summed E-state index contributed by atoms with van der Waals surface area (Å²) < 4.78 is 22.8. The van der Waals surface area contributed by atoms with E-state index in [1.54, 1.807) is 6.92 Å². The van der Waals surface area contributed by atoms with Crippen molar-refractivity contribution < 1.29 is 13.2 Å². The maximum atomic E-state index is 11.5. The second kappa shape index (κ2) is 7.09. The average Bonchev–Trinajstić information content (AvgIpc) is 2.13. The lowest BCUT2D eigenvalue weighted by Crippen LogP contribution is -2.42. The van der Waals surface area contributed by atoms with E-state index in [0.717, 1.165) is 0 Å². The van der Waals surface area contributed by atoms with Crippen LogP contribution in [0.1, 0.15) is 41.0 Å². The van der Waals surface area contributed by atoms with Crippen LogP contribution in [0.5, 0.6) is 0 Å². The molecule has 0 aliphatic rings. The van der Waals surface area contributed by atoms with Crippen LogP contribution in [-0.4, -0.2) is 44.0 Å². The molecule has 0 bridgehead atoms. The van der Waals surface area contributed by atoms with Gasteiger partial charge in [0.15, 0.2) is 9.84 Å². The Morgan fingerprint density at radius 1 is 1.28 bits per heavy atom. The molecule has 0 aromatic heterocycles. The van der Waals surface area contributed by atoms with Gasteiger partial charge in [0.25, 0.3) is 0 Å². The first-order chi connectivity index (χ1) is 8.06. The SMILES string of the molecule is CCS(=O)(=O)CC(C)NCCC(=O)NC(C)(C)C. The molecule has 0 saturated heterocycles. The van der Waals surface area contributed by atoms with Crippen molar-refractivity contribution in [2.45, 2.75) is 52.6 Å². The zero-order valence-corrected chi connectivity index (χ0v) is 12.9. The highest BCUT2D eigenvalue weighted by Crippen LogP contribution is 1.99. The van der Waals surface area contributed by atoms with Crippen molar-refractivity contribution in [3.8, 4) is 0 Å². The average molecular weight is 278 g/mol. The third-order valence-electron chi connectivity index (χ3n) is 2.30. The largest absolute Gasteiger partial charge is 0.351 e. The Hall–Kier alpha value is -0.620. The number of rotatable bonds is 7. The molecular weight excluding hydrogens is 252 g/mol. The molecule has 108 valence electrons. The molecule has 0 radical (unpaired) electrons. The molecule has 6 heteroatoms. The Morgan fingerprint density at radius 3 is 2.28 bits per heavy atom. The van der Waals surface area contributed by atoms with Crippen molar-refractivity contribution in [2.24, 2.45) is 0 Å². The van der Waals surface area contributed by atoms with Gasteiger partial charge in [0, 0.05) is 30.3 Å². The molecule has 5 nitrogen and oxygen atoms in total. The zero-order chi connectivity index (χ0) is 14.4. The summed E-state index contributed by atoms with van der Waals surface area (Å²) in [5.74, 6) is 0.244. The van der Waals surface area contributed by atoms with Crippen molar-refractivity contribution in [2.75, 3.05) is 18.1 Å².